The predicted octanol–water partition coefficient (Wildman–Crippen LogP) is 3.57. The van der Waals surface area contributed by atoms with Gasteiger partial charge in [-0.3, -0.25) is 0 Å². The molecule has 20 heavy (non-hydrogen) atoms. The van der Waals surface area contributed by atoms with Gasteiger partial charge < -0.3 is 14.6 Å². The summed E-state index contributed by atoms with van der Waals surface area (Å²) in [5.41, 5.74) is 1.27. The van der Waals surface area contributed by atoms with Crippen LogP contribution in [-0.2, 0) is 6.54 Å². The number of rotatable bonds is 6. The van der Waals surface area contributed by atoms with Gasteiger partial charge in [0.15, 0.2) is 0 Å². The second-order valence-corrected chi connectivity index (χ2v) is 5.57. The molecule has 1 fully saturated rings. The lowest BCUT2D eigenvalue weighted by Crippen LogP contribution is -2.29. The molecule has 1 saturated carbocycles. The van der Waals surface area contributed by atoms with Crippen LogP contribution in [0.25, 0.3) is 10.9 Å². The molecule has 1 aliphatic carbocycles. The molecule has 1 aliphatic rings. The van der Waals surface area contributed by atoms with Crippen molar-refractivity contribution >= 4 is 10.9 Å². The fourth-order valence-corrected chi connectivity index (χ4v) is 3.19. The third-order valence-corrected chi connectivity index (χ3v) is 4.21. The number of fused-ring (bicyclic) bond motifs is 1. The fourth-order valence-electron chi connectivity index (χ4n) is 3.19. The van der Waals surface area contributed by atoms with Gasteiger partial charge in [-0.1, -0.05) is 18.9 Å². The number of aromatic nitrogens is 1. The van der Waals surface area contributed by atoms with Gasteiger partial charge in [-0.15, -0.1) is 0 Å². The van der Waals surface area contributed by atoms with Gasteiger partial charge in [-0.2, -0.15) is 0 Å². The molecule has 0 unspecified atom stereocenters. The van der Waals surface area contributed by atoms with E-state index < -0.39 is 0 Å². The smallest absolute Gasteiger partial charge is 0.128 e. The van der Waals surface area contributed by atoms with E-state index in [0.29, 0.717) is 6.61 Å². The minimum Gasteiger partial charge on any atom is -0.493 e. The number of nitrogens with zero attached hydrogens (tertiary/aromatic N) is 1. The zero-order chi connectivity index (χ0) is 13.8. The summed E-state index contributed by atoms with van der Waals surface area (Å²) in [7, 11) is 0. The molecule has 1 aromatic heterocycles. The molecule has 0 spiro atoms. The summed E-state index contributed by atoms with van der Waals surface area (Å²) in [4.78, 5) is 0. The predicted molar refractivity (Wildman–Crippen MR) is 83.4 cm³/mol. The summed E-state index contributed by atoms with van der Waals surface area (Å²) < 4.78 is 8.01. The van der Waals surface area contributed by atoms with E-state index in [-0.39, 0.29) is 0 Å². The van der Waals surface area contributed by atoms with Crippen LogP contribution < -0.4 is 10.1 Å². The lowest BCUT2D eigenvalue weighted by atomic mass is 10.2. The summed E-state index contributed by atoms with van der Waals surface area (Å²) in [6, 6.07) is 9.21. The van der Waals surface area contributed by atoms with Gasteiger partial charge in [0.2, 0.25) is 0 Å². The lowest BCUT2D eigenvalue weighted by Gasteiger charge is -2.13. The van der Waals surface area contributed by atoms with Crippen LogP contribution in [0.2, 0.25) is 0 Å². The number of benzene rings is 1. The van der Waals surface area contributed by atoms with E-state index in [9.17, 15) is 0 Å². The van der Waals surface area contributed by atoms with Gasteiger partial charge in [0.25, 0.3) is 0 Å². The Bertz CT molecular complexity index is 555. The largest absolute Gasteiger partial charge is 0.493 e. The summed E-state index contributed by atoms with van der Waals surface area (Å²) in [6.45, 7) is 4.82. The van der Waals surface area contributed by atoms with Crippen LogP contribution >= 0.6 is 0 Å². The van der Waals surface area contributed by atoms with Crippen LogP contribution in [0, 0.1) is 0 Å². The van der Waals surface area contributed by atoms with E-state index in [4.69, 9.17) is 4.74 Å². The maximum atomic E-state index is 5.69. The molecule has 0 radical (unpaired) electrons. The van der Waals surface area contributed by atoms with Crippen LogP contribution in [0.15, 0.2) is 30.5 Å². The molecule has 1 heterocycles. The molecule has 1 aromatic carbocycles. The van der Waals surface area contributed by atoms with E-state index in [1.165, 1.54) is 36.6 Å². The minimum absolute atomic E-state index is 0.716. The zero-order valence-electron chi connectivity index (χ0n) is 12.3. The molecule has 0 amide bonds. The standard InChI is InChI=1S/C17H24N2O/c1-2-20-17-9-5-8-16-15(17)10-12-19(16)13-11-18-14-6-3-4-7-14/h5,8-10,12,14,18H,2-4,6-7,11,13H2,1H3. The van der Waals surface area contributed by atoms with Gasteiger partial charge in [0, 0.05) is 30.7 Å². The van der Waals surface area contributed by atoms with Crippen molar-refractivity contribution in [2.45, 2.75) is 45.2 Å². The van der Waals surface area contributed by atoms with Gasteiger partial charge >= 0.3 is 0 Å². The zero-order valence-corrected chi connectivity index (χ0v) is 12.3. The monoisotopic (exact) mass is 272 g/mol. The van der Waals surface area contributed by atoms with Crippen molar-refractivity contribution in [3.05, 3.63) is 30.5 Å². The molecule has 0 bridgehead atoms. The molecule has 108 valence electrons. The Hall–Kier alpha value is -1.48. The highest BCUT2D eigenvalue weighted by Crippen LogP contribution is 2.26. The van der Waals surface area contributed by atoms with E-state index in [1.54, 1.807) is 0 Å². The molecule has 3 nitrogen and oxygen atoms in total. The SMILES string of the molecule is CCOc1cccc2c1ccn2CCNC1CCCC1. The summed E-state index contributed by atoms with van der Waals surface area (Å²) in [5.74, 6) is 0.993. The van der Waals surface area contributed by atoms with Crippen LogP contribution in [-0.4, -0.2) is 23.8 Å². The number of nitrogens with one attached hydrogen (secondary N) is 1. The molecule has 2 aromatic rings. The van der Waals surface area contributed by atoms with Crippen molar-refractivity contribution < 1.29 is 4.74 Å². The van der Waals surface area contributed by atoms with Crippen LogP contribution in [0.4, 0.5) is 0 Å². The Labute approximate surface area is 120 Å². The first-order valence-corrected chi connectivity index (χ1v) is 7.82. The molecule has 3 heteroatoms. The van der Waals surface area contributed by atoms with Crippen LogP contribution in [0.5, 0.6) is 5.75 Å². The quantitative estimate of drug-likeness (QED) is 0.870. The second kappa shape index (κ2) is 6.31. The molecule has 3 rings (SSSR count). The molecular formula is C17H24N2O. The van der Waals surface area contributed by atoms with E-state index >= 15 is 0 Å². The number of hydrogen-bond acceptors (Lipinski definition) is 2. The Kier molecular flexibility index (Phi) is 4.26. The maximum absolute atomic E-state index is 5.69. The van der Waals surface area contributed by atoms with E-state index in [2.05, 4.69) is 34.3 Å². The van der Waals surface area contributed by atoms with E-state index in [1.807, 2.05) is 13.0 Å². The third-order valence-electron chi connectivity index (χ3n) is 4.21. The Morgan fingerprint density at radius 2 is 2.10 bits per heavy atom. The Balaban J connectivity index is 1.67. The first-order valence-electron chi connectivity index (χ1n) is 7.82. The number of hydrogen-bond donors (Lipinski definition) is 1. The number of ether oxygens (including phenoxy) is 1. The normalized spacial score (nSPS) is 16.1. The summed E-state index contributed by atoms with van der Waals surface area (Å²) in [6.07, 6.45) is 7.65. The molecular weight excluding hydrogens is 248 g/mol. The molecule has 0 atom stereocenters. The molecule has 0 saturated heterocycles. The van der Waals surface area contributed by atoms with Gasteiger partial charge in [-0.25, -0.2) is 0 Å². The van der Waals surface area contributed by atoms with Crippen molar-refractivity contribution in [1.82, 2.24) is 9.88 Å². The van der Waals surface area contributed by atoms with Crippen molar-refractivity contribution in [1.29, 1.82) is 0 Å². The van der Waals surface area contributed by atoms with Gasteiger partial charge in [-0.05, 0) is 38.0 Å². The topological polar surface area (TPSA) is 26.2 Å². The maximum Gasteiger partial charge on any atom is 0.128 e. The second-order valence-electron chi connectivity index (χ2n) is 5.57. The van der Waals surface area contributed by atoms with Crippen LogP contribution in [0.3, 0.4) is 0 Å². The van der Waals surface area contributed by atoms with Crippen molar-refractivity contribution in [2.24, 2.45) is 0 Å². The first kappa shape index (κ1) is 13.5. The Morgan fingerprint density at radius 3 is 2.90 bits per heavy atom. The fraction of sp³-hybridized carbons (Fsp3) is 0.529. The molecule has 1 N–H and O–H groups in total. The summed E-state index contributed by atoms with van der Waals surface area (Å²) in [5, 5.41) is 4.89. The third kappa shape index (κ3) is 2.83. The van der Waals surface area contributed by atoms with Gasteiger partial charge in [0.1, 0.15) is 5.75 Å². The first-order chi connectivity index (χ1) is 9.88. The molecule has 0 aliphatic heterocycles. The highest BCUT2D eigenvalue weighted by Gasteiger charge is 2.13. The highest BCUT2D eigenvalue weighted by molar-refractivity contribution is 5.86. The van der Waals surface area contributed by atoms with Crippen molar-refractivity contribution in [3.63, 3.8) is 0 Å². The highest BCUT2D eigenvalue weighted by atomic mass is 16.5. The van der Waals surface area contributed by atoms with Gasteiger partial charge in [0.05, 0.1) is 12.1 Å². The lowest BCUT2D eigenvalue weighted by molar-refractivity contribution is 0.344. The Morgan fingerprint density at radius 1 is 1.25 bits per heavy atom. The van der Waals surface area contributed by atoms with Crippen LogP contribution in [0.1, 0.15) is 32.6 Å². The van der Waals surface area contributed by atoms with E-state index in [0.717, 1.165) is 24.9 Å². The average Bonchev–Trinajstić information content (AvgIpc) is 3.10. The minimum atomic E-state index is 0.716. The average molecular weight is 272 g/mol. The van der Waals surface area contributed by atoms with Crippen molar-refractivity contribution in [3.8, 4) is 5.75 Å². The summed E-state index contributed by atoms with van der Waals surface area (Å²) >= 11 is 0. The van der Waals surface area contributed by atoms with Crippen molar-refractivity contribution in [2.75, 3.05) is 13.2 Å².